The minimum Gasteiger partial charge on any atom is -0.406 e. The molecule has 0 saturated heterocycles. The smallest absolute Gasteiger partial charge is 0.406 e. The van der Waals surface area contributed by atoms with E-state index >= 15 is 0 Å². The Kier molecular flexibility index (Phi) is 3.93. The van der Waals surface area contributed by atoms with Crippen LogP contribution in [0.15, 0.2) is 24.3 Å². The molecule has 1 amide bonds. The molecule has 1 aliphatic rings. The van der Waals surface area contributed by atoms with Gasteiger partial charge in [-0.2, -0.15) is 0 Å². The fourth-order valence-electron chi connectivity index (χ4n) is 2.52. The van der Waals surface area contributed by atoms with Crippen LogP contribution in [0.5, 0.6) is 5.75 Å². The molecule has 1 aliphatic carbocycles. The first-order valence-electron chi connectivity index (χ1n) is 7.18. The molecule has 1 aromatic carbocycles. The highest BCUT2D eigenvalue weighted by molar-refractivity contribution is 5.98. The molecule has 1 heterocycles. The third-order valence-corrected chi connectivity index (χ3v) is 3.65. The number of alkyl halides is 3. The molecule has 2 aromatic rings. The molecule has 8 heteroatoms. The molecule has 1 aromatic heterocycles. The predicted molar refractivity (Wildman–Crippen MR) is 76.1 cm³/mol. The lowest BCUT2D eigenvalue weighted by atomic mass is 10.2. The van der Waals surface area contributed by atoms with Crippen molar-refractivity contribution < 1.29 is 27.8 Å². The van der Waals surface area contributed by atoms with Gasteiger partial charge in [-0.25, -0.2) is 0 Å². The summed E-state index contributed by atoms with van der Waals surface area (Å²) in [6.07, 6.45) is -2.96. The number of carbonyl (C=O) groups is 1. The van der Waals surface area contributed by atoms with E-state index in [0.29, 0.717) is 10.9 Å². The zero-order valence-electron chi connectivity index (χ0n) is 12.1. The molecule has 0 aliphatic heterocycles. The van der Waals surface area contributed by atoms with Gasteiger partial charge in [-0.3, -0.25) is 4.79 Å². The lowest BCUT2D eigenvalue weighted by Gasteiger charge is -2.20. The van der Waals surface area contributed by atoms with E-state index in [9.17, 15) is 18.0 Å². The monoisotopic (exact) mass is 328 g/mol. The Hall–Kier alpha value is -2.22. The number of rotatable bonds is 5. The normalized spacial score (nSPS) is 15.0. The van der Waals surface area contributed by atoms with Crippen molar-refractivity contribution in [3.63, 3.8) is 0 Å². The molecule has 23 heavy (non-hydrogen) atoms. The molecule has 0 radical (unpaired) electrons. The Bertz CT molecular complexity index is 722. The van der Waals surface area contributed by atoms with Gasteiger partial charge in [0.1, 0.15) is 11.4 Å². The van der Waals surface area contributed by atoms with Crippen LogP contribution in [0.4, 0.5) is 13.2 Å². The topological polar surface area (TPSA) is 65.6 Å². The van der Waals surface area contributed by atoms with Gasteiger partial charge < -0.3 is 19.7 Å². The van der Waals surface area contributed by atoms with E-state index in [4.69, 9.17) is 5.11 Å². The second-order valence-corrected chi connectivity index (χ2v) is 5.43. The number of aliphatic hydroxyl groups is 1. The zero-order valence-corrected chi connectivity index (χ0v) is 12.1. The number of benzene rings is 1. The van der Waals surface area contributed by atoms with Crippen molar-refractivity contribution in [3.05, 3.63) is 30.0 Å². The molecule has 0 bridgehead atoms. The number of carbonyl (C=O) groups excluding carboxylic acids is 1. The molecule has 5 nitrogen and oxygen atoms in total. The minimum absolute atomic E-state index is 0.130. The van der Waals surface area contributed by atoms with Crippen LogP contribution < -0.4 is 4.74 Å². The highest BCUT2D eigenvalue weighted by Crippen LogP contribution is 2.30. The summed E-state index contributed by atoms with van der Waals surface area (Å²) < 4.78 is 40.6. The molecule has 0 atom stereocenters. The molecule has 3 rings (SSSR count). The number of halogens is 3. The van der Waals surface area contributed by atoms with Crippen molar-refractivity contribution >= 4 is 16.8 Å². The van der Waals surface area contributed by atoms with Gasteiger partial charge in [0.25, 0.3) is 5.91 Å². The van der Waals surface area contributed by atoms with E-state index in [1.165, 1.54) is 18.2 Å². The van der Waals surface area contributed by atoms with Crippen molar-refractivity contribution in [2.75, 3.05) is 13.2 Å². The molecule has 124 valence electrons. The lowest BCUT2D eigenvalue weighted by Crippen LogP contribution is -2.35. The number of amides is 1. The van der Waals surface area contributed by atoms with E-state index in [1.807, 2.05) is 0 Å². The number of aromatic nitrogens is 1. The summed E-state index contributed by atoms with van der Waals surface area (Å²) in [5, 5.41) is 9.68. The summed E-state index contributed by atoms with van der Waals surface area (Å²) in [7, 11) is 0. The summed E-state index contributed by atoms with van der Waals surface area (Å²) in [5.41, 5.74) is 0.666. The van der Waals surface area contributed by atoms with Crippen molar-refractivity contribution in [1.29, 1.82) is 0 Å². The maximum atomic E-state index is 12.5. The van der Waals surface area contributed by atoms with E-state index < -0.39 is 6.36 Å². The molecule has 0 spiro atoms. The number of ether oxygens (including phenoxy) is 1. The summed E-state index contributed by atoms with van der Waals surface area (Å²) in [5.74, 6) is -0.615. The van der Waals surface area contributed by atoms with Crippen LogP contribution in [0.25, 0.3) is 10.9 Å². The lowest BCUT2D eigenvalue weighted by molar-refractivity contribution is -0.274. The number of hydrogen-bond donors (Lipinski definition) is 2. The van der Waals surface area contributed by atoms with Crippen LogP contribution in [0.3, 0.4) is 0 Å². The predicted octanol–water partition coefficient (Wildman–Crippen LogP) is 2.66. The van der Waals surface area contributed by atoms with Crippen LogP contribution in [-0.2, 0) is 0 Å². The molecule has 1 fully saturated rings. The number of nitrogens with zero attached hydrogens (tertiary/aromatic N) is 1. The van der Waals surface area contributed by atoms with Crippen LogP contribution in [0, 0.1) is 0 Å². The van der Waals surface area contributed by atoms with Crippen LogP contribution >= 0.6 is 0 Å². The van der Waals surface area contributed by atoms with Crippen LogP contribution in [0.1, 0.15) is 23.3 Å². The third-order valence-electron chi connectivity index (χ3n) is 3.65. The number of fused-ring (bicyclic) bond motifs is 1. The van der Waals surface area contributed by atoms with Crippen molar-refractivity contribution in [2.45, 2.75) is 25.2 Å². The van der Waals surface area contributed by atoms with E-state index in [0.717, 1.165) is 12.8 Å². The number of aliphatic hydroxyl groups excluding tert-OH is 1. The first-order valence-corrected chi connectivity index (χ1v) is 7.18. The highest BCUT2D eigenvalue weighted by atomic mass is 19.4. The first kappa shape index (κ1) is 15.7. The number of aromatic amines is 1. The van der Waals surface area contributed by atoms with Crippen molar-refractivity contribution in [2.24, 2.45) is 0 Å². The second-order valence-electron chi connectivity index (χ2n) is 5.43. The summed E-state index contributed by atoms with van der Waals surface area (Å²) >= 11 is 0. The molecule has 1 saturated carbocycles. The van der Waals surface area contributed by atoms with Gasteiger partial charge >= 0.3 is 6.36 Å². The van der Waals surface area contributed by atoms with Crippen molar-refractivity contribution in [1.82, 2.24) is 9.88 Å². The van der Waals surface area contributed by atoms with Gasteiger partial charge in [0, 0.05) is 29.6 Å². The molecule has 2 N–H and O–H groups in total. The maximum Gasteiger partial charge on any atom is 0.573 e. The number of H-pyrrole nitrogens is 1. The third kappa shape index (κ3) is 3.58. The Morgan fingerprint density at radius 3 is 2.70 bits per heavy atom. The molecular formula is C15H15F3N2O3. The average molecular weight is 328 g/mol. The van der Waals surface area contributed by atoms with E-state index in [1.54, 1.807) is 11.0 Å². The quantitative estimate of drug-likeness (QED) is 0.887. The Balaban J connectivity index is 1.85. The zero-order chi connectivity index (χ0) is 16.6. The second kappa shape index (κ2) is 5.77. The first-order chi connectivity index (χ1) is 10.9. The fraction of sp³-hybridized carbons (Fsp3) is 0.400. The number of nitrogens with one attached hydrogen (secondary N) is 1. The van der Waals surface area contributed by atoms with Gasteiger partial charge in [-0.15, -0.1) is 13.2 Å². The van der Waals surface area contributed by atoms with Crippen LogP contribution in [-0.4, -0.2) is 46.5 Å². The van der Waals surface area contributed by atoms with E-state index in [2.05, 4.69) is 9.72 Å². The minimum atomic E-state index is -4.76. The largest absolute Gasteiger partial charge is 0.573 e. The van der Waals surface area contributed by atoms with Gasteiger partial charge in [0.2, 0.25) is 0 Å². The van der Waals surface area contributed by atoms with Crippen molar-refractivity contribution in [3.8, 4) is 5.75 Å². The Labute approximate surface area is 129 Å². The van der Waals surface area contributed by atoms with Crippen LogP contribution in [0.2, 0.25) is 0 Å². The van der Waals surface area contributed by atoms with Gasteiger partial charge in [-0.05, 0) is 31.0 Å². The SMILES string of the molecule is O=C(c1cc2ccc(OC(F)(F)F)cc2[nH]1)N(CCO)C1CC1. The van der Waals surface area contributed by atoms with Gasteiger partial charge in [0.15, 0.2) is 0 Å². The van der Waals surface area contributed by atoms with Gasteiger partial charge in [0.05, 0.1) is 6.61 Å². The highest BCUT2D eigenvalue weighted by Gasteiger charge is 2.33. The Morgan fingerprint density at radius 2 is 2.09 bits per heavy atom. The summed E-state index contributed by atoms with van der Waals surface area (Å²) in [4.78, 5) is 16.9. The molecular weight excluding hydrogens is 313 g/mol. The fourth-order valence-corrected chi connectivity index (χ4v) is 2.52. The standard InChI is InChI=1S/C15H15F3N2O3/c16-15(17,18)23-11-4-1-9-7-13(19-12(9)8-11)14(22)20(5-6-21)10-2-3-10/h1,4,7-8,10,19,21H,2-3,5-6H2. The molecule has 0 unspecified atom stereocenters. The summed E-state index contributed by atoms with van der Waals surface area (Å²) in [6.45, 7) is 0.105. The average Bonchev–Trinajstić information content (AvgIpc) is 3.21. The van der Waals surface area contributed by atoms with Gasteiger partial charge in [-0.1, -0.05) is 0 Å². The number of hydrogen-bond acceptors (Lipinski definition) is 3. The van der Waals surface area contributed by atoms with E-state index in [-0.39, 0.29) is 36.5 Å². The summed E-state index contributed by atoms with van der Waals surface area (Å²) in [6, 6.07) is 5.57. The Morgan fingerprint density at radius 1 is 1.35 bits per heavy atom. The maximum absolute atomic E-state index is 12.5.